The molecule has 0 atom stereocenters. The van der Waals surface area contributed by atoms with Crippen LogP contribution in [0, 0.1) is 10.1 Å². The van der Waals surface area contributed by atoms with Gasteiger partial charge in [0.05, 0.1) is 22.6 Å². The molecule has 126 valence electrons. The molecule has 0 radical (unpaired) electrons. The topological polar surface area (TPSA) is 69.4 Å². The monoisotopic (exact) mass is 347 g/mol. The van der Waals surface area contributed by atoms with Crippen molar-refractivity contribution in [3.63, 3.8) is 0 Å². The summed E-state index contributed by atoms with van der Waals surface area (Å²) in [6.45, 7) is 6.13. The van der Waals surface area contributed by atoms with Crippen LogP contribution in [0.2, 0.25) is 5.02 Å². The number of nitro benzene ring substituents is 1. The number of carbonyl (C=O) groups is 1. The lowest BCUT2D eigenvalue weighted by Gasteiger charge is -2.21. The molecule has 6 heteroatoms. The van der Waals surface area contributed by atoms with E-state index < -0.39 is 4.92 Å². The summed E-state index contributed by atoms with van der Waals surface area (Å²) in [6.07, 6.45) is 0. The van der Waals surface area contributed by atoms with E-state index in [1.165, 1.54) is 25.3 Å². The standard InChI is InChI=1S/C18H18ClNO4/c1-18(2,3)11-5-8-16(24-4)14(9-11)17(21)13-7-6-12(20(22)23)10-15(13)19/h5-10H,1-4H3. The molecule has 0 unspecified atom stereocenters. The smallest absolute Gasteiger partial charge is 0.270 e. The summed E-state index contributed by atoms with van der Waals surface area (Å²) in [5.41, 5.74) is 1.25. The van der Waals surface area contributed by atoms with Crippen LogP contribution in [0.3, 0.4) is 0 Å². The van der Waals surface area contributed by atoms with Crippen molar-refractivity contribution in [2.75, 3.05) is 7.11 Å². The minimum Gasteiger partial charge on any atom is -0.496 e. The van der Waals surface area contributed by atoms with E-state index in [1.54, 1.807) is 12.1 Å². The number of benzene rings is 2. The minimum absolute atomic E-state index is 0.0393. The van der Waals surface area contributed by atoms with Crippen molar-refractivity contribution in [2.24, 2.45) is 0 Å². The van der Waals surface area contributed by atoms with Crippen molar-refractivity contribution >= 4 is 23.1 Å². The molecule has 2 aromatic rings. The van der Waals surface area contributed by atoms with Gasteiger partial charge < -0.3 is 4.74 Å². The van der Waals surface area contributed by atoms with Gasteiger partial charge in [-0.15, -0.1) is 0 Å². The van der Waals surface area contributed by atoms with E-state index in [4.69, 9.17) is 16.3 Å². The van der Waals surface area contributed by atoms with Gasteiger partial charge in [-0.2, -0.15) is 0 Å². The highest BCUT2D eigenvalue weighted by Gasteiger charge is 2.22. The molecule has 0 fully saturated rings. The number of carbonyl (C=O) groups excluding carboxylic acids is 1. The average molecular weight is 348 g/mol. The molecule has 0 bridgehead atoms. The number of ether oxygens (including phenoxy) is 1. The average Bonchev–Trinajstić information content (AvgIpc) is 2.52. The van der Waals surface area contributed by atoms with Gasteiger partial charge >= 0.3 is 0 Å². The van der Waals surface area contributed by atoms with Crippen LogP contribution in [0.5, 0.6) is 5.75 Å². The third-order valence-electron chi connectivity index (χ3n) is 3.72. The van der Waals surface area contributed by atoms with E-state index in [0.29, 0.717) is 11.3 Å². The maximum atomic E-state index is 12.9. The summed E-state index contributed by atoms with van der Waals surface area (Å²) in [7, 11) is 1.49. The summed E-state index contributed by atoms with van der Waals surface area (Å²) in [4.78, 5) is 23.1. The summed E-state index contributed by atoms with van der Waals surface area (Å²) < 4.78 is 5.29. The number of nitrogens with zero attached hydrogens (tertiary/aromatic N) is 1. The molecule has 0 aromatic heterocycles. The van der Waals surface area contributed by atoms with Gasteiger partial charge in [0.25, 0.3) is 5.69 Å². The van der Waals surface area contributed by atoms with Crippen molar-refractivity contribution in [2.45, 2.75) is 26.2 Å². The number of halogens is 1. The van der Waals surface area contributed by atoms with Crippen LogP contribution in [-0.2, 0) is 5.41 Å². The summed E-state index contributed by atoms with van der Waals surface area (Å²) in [6, 6.07) is 9.24. The molecule has 0 aliphatic rings. The second-order valence-corrected chi connectivity index (χ2v) is 6.82. The Morgan fingerprint density at radius 1 is 1.12 bits per heavy atom. The number of methoxy groups -OCH3 is 1. The fourth-order valence-corrected chi connectivity index (χ4v) is 2.56. The lowest BCUT2D eigenvalue weighted by atomic mass is 9.85. The first-order valence-corrected chi connectivity index (χ1v) is 7.70. The molecule has 0 heterocycles. The van der Waals surface area contributed by atoms with E-state index in [2.05, 4.69) is 0 Å². The number of hydrogen-bond acceptors (Lipinski definition) is 4. The number of nitro groups is 1. The number of hydrogen-bond donors (Lipinski definition) is 0. The quantitative estimate of drug-likeness (QED) is 0.453. The third kappa shape index (κ3) is 3.57. The zero-order chi connectivity index (χ0) is 18.1. The first-order valence-electron chi connectivity index (χ1n) is 7.32. The zero-order valence-corrected chi connectivity index (χ0v) is 14.7. The fourth-order valence-electron chi connectivity index (χ4n) is 2.30. The second kappa shape index (κ2) is 6.61. The van der Waals surface area contributed by atoms with Gasteiger partial charge in [-0.05, 0) is 29.2 Å². The number of ketones is 1. The molecule has 0 aliphatic heterocycles. The first-order chi connectivity index (χ1) is 11.1. The molecule has 24 heavy (non-hydrogen) atoms. The highest BCUT2D eigenvalue weighted by atomic mass is 35.5. The SMILES string of the molecule is COc1ccc(C(C)(C)C)cc1C(=O)c1ccc([N+](=O)[O-])cc1Cl. The van der Waals surface area contributed by atoms with Gasteiger partial charge in [0, 0.05) is 17.7 Å². The van der Waals surface area contributed by atoms with E-state index in [1.807, 2.05) is 26.8 Å². The lowest BCUT2D eigenvalue weighted by molar-refractivity contribution is -0.384. The van der Waals surface area contributed by atoms with Gasteiger partial charge in [0.2, 0.25) is 0 Å². The molecule has 0 amide bonds. The third-order valence-corrected chi connectivity index (χ3v) is 4.03. The van der Waals surface area contributed by atoms with Gasteiger partial charge in [-0.3, -0.25) is 14.9 Å². The molecular formula is C18H18ClNO4. The van der Waals surface area contributed by atoms with Gasteiger partial charge in [-0.25, -0.2) is 0 Å². The Balaban J connectivity index is 2.55. The summed E-state index contributed by atoms with van der Waals surface area (Å²) in [5, 5.41) is 10.8. The van der Waals surface area contributed by atoms with Crippen LogP contribution in [0.25, 0.3) is 0 Å². The van der Waals surface area contributed by atoms with Crippen molar-refractivity contribution in [1.82, 2.24) is 0 Å². The summed E-state index contributed by atoms with van der Waals surface area (Å²) >= 11 is 6.08. The minimum atomic E-state index is -0.555. The van der Waals surface area contributed by atoms with Gasteiger partial charge in [0.1, 0.15) is 5.75 Å². The predicted octanol–water partition coefficient (Wildman–Crippen LogP) is 4.79. The largest absolute Gasteiger partial charge is 0.496 e. The van der Waals surface area contributed by atoms with E-state index in [9.17, 15) is 14.9 Å². The highest BCUT2D eigenvalue weighted by Crippen LogP contribution is 2.31. The molecule has 0 saturated heterocycles. The van der Waals surface area contributed by atoms with Gasteiger partial charge in [-0.1, -0.05) is 38.4 Å². The Morgan fingerprint density at radius 3 is 2.29 bits per heavy atom. The summed E-state index contributed by atoms with van der Waals surface area (Å²) in [5.74, 6) is 0.0975. The Bertz CT molecular complexity index is 809. The molecule has 2 aromatic carbocycles. The van der Waals surface area contributed by atoms with E-state index in [0.717, 1.165) is 5.56 Å². The van der Waals surface area contributed by atoms with Crippen LogP contribution in [0.15, 0.2) is 36.4 Å². The normalized spacial score (nSPS) is 11.2. The molecule has 0 aliphatic carbocycles. The van der Waals surface area contributed by atoms with Crippen LogP contribution in [0.4, 0.5) is 5.69 Å². The Labute approximate surface area is 145 Å². The van der Waals surface area contributed by atoms with Crippen LogP contribution >= 0.6 is 11.6 Å². The molecule has 5 nitrogen and oxygen atoms in total. The first kappa shape index (κ1) is 17.9. The molecule has 0 spiro atoms. The van der Waals surface area contributed by atoms with E-state index >= 15 is 0 Å². The number of rotatable bonds is 4. The maximum absolute atomic E-state index is 12.9. The molecule has 0 saturated carbocycles. The van der Waals surface area contributed by atoms with Crippen LogP contribution in [0.1, 0.15) is 42.3 Å². The fraction of sp³-hybridized carbons (Fsp3) is 0.278. The van der Waals surface area contributed by atoms with Crippen molar-refractivity contribution in [3.05, 3.63) is 68.2 Å². The Morgan fingerprint density at radius 2 is 1.79 bits per heavy atom. The maximum Gasteiger partial charge on any atom is 0.270 e. The Kier molecular flexibility index (Phi) is 4.94. The Hall–Kier alpha value is -2.40. The highest BCUT2D eigenvalue weighted by molar-refractivity contribution is 6.35. The van der Waals surface area contributed by atoms with E-state index in [-0.39, 0.29) is 27.5 Å². The van der Waals surface area contributed by atoms with Crippen LogP contribution in [-0.4, -0.2) is 17.8 Å². The second-order valence-electron chi connectivity index (χ2n) is 6.42. The van der Waals surface area contributed by atoms with Gasteiger partial charge in [0.15, 0.2) is 5.78 Å². The van der Waals surface area contributed by atoms with Crippen molar-refractivity contribution in [1.29, 1.82) is 0 Å². The number of non-ortho nitro benzene ring substituents is 1. The lowest BCUT2D eigenvalue weighted by Crippen LogP contribution is -2.13. The molecule has 0 N–H and O–H groups in total. The van der Waals surface area contributed by atoms with Crippen molar-refractivity contribution < 1.29 is 14.5 Å². The van der Waals surface area contributed by atoms with Crippen molar-refractivity contribution in [3.8, 4) is 5.75 Å². The van der Waals surface area contributed by atoms with Crippen LogP contribution < -0.4 is 4.74 Å². The predicted molar refractivity (Wildman–Crippen MR) is 93.2 cm³/mol. The molecular weight excluding hydrogens is 330 g/mol. The molecule has 2 rings (SSSR count). The zero-order valence-electron chi connectivity index (χ0n) is 13.9.